The normalized spacial score (nSPS) is 23.0. The van der Waals surface area contributed by atoms with E-state index in [0.29, 0.717) is 0 Å². The molecule has 434 valence electrons. The predicted octanol–water partition coefficient (Wildman–Crippen LogP) is 19.9. The Labute approximate surface area is 515 Å². The summed E-state index contributed by atoms with van der Waals surface area (Å²) in [6.07, 6.45) is 9.15. The quantitative estimate of drug-likeness (QED) is 0.159. The summed E-state index contributed by atoms with van der Waals surface area (Å²) in [4.78, 5) is 8.69. The van der Waals surface area contributed by atoms with Crippen LogP contribution in [0.5, 0.6) is 0 Å². The Morgan fingerprint density at radius 1 is 0.372 bits per heavy atom. The van der Waals surface area contributed by atoms with Crippen LogP contribution in [-0.4, -0.2) is 17.8 Å². The van der Waals surface area contributed by atoms with Gasteiger partial charge in [0.25, 0.3) is 6.71 Å². The van der Waals surface area contributed by atoms with Crippen LogP contribution in [0.2, 0.25) is 0 Å². The summed E-state index contributed by atoms with van der Waals surface area (Å²) in [6.45, 7) is 34.2. The SMILES string of the molecule is CC(C)(C)c1ccc2c(c1)B1c3cc(C(C)(C)C)cc4c3N(c3cc(N5c6ccc(C(C)(C)C)cc6C6(c7ccccc7)CCCCC56C)cc(c31)N2c1ccc(C(C)(C)C)cc1-c1ccc2ccccc2c1)C1(C)CCCCC41c1ccccc1. The van der Waals surface area contributed by atoms with Crippen molar-refractivity contribution in [2.45, 2.75) is 192 Å². The van der Waals surface area contributed by atoms with Crippen LogP contribution in [0, 0.1) is 0 Å². The first kappa shape index (κ1) is 55.3. The molecule has 4 aliphatic heterocycles. The van der Waals surface area contributed by atoms with Crippen molar-refractivity contribution in [1.29, 1.82) is 0 Å². The van der Waals surface area contributed by atoms with Crippen LogP contribution < -0.4 is 31.1 Å². The average molecular weight is 1130 g/mol. The zero-order valence-electron chi connectivity index (χ0n) is 53.9. The van der Waals surface area contributed by atoms with E-state index >= 15 is 0 Å². The summed E-state index contributed by atoms with van der Waals surface area (Å²) in [5, 5.41) is 2.52. The fraction of sp³-hybridized carbons (Fsp3) is 0.366. The highest BCUT2D eigenvalue weighted by molar-refractivity contribution is 7.00. The van der Waals surface area contributed by atoms with Gasteiger partial charge in [-0.25, -0.2) is 0 Å². The van der Waals surface area contributed by atoms with Gasteiger partial charge in [-0.2, -0.15) is 0 Å². The first-order valence-electron chi connectivity index (χ1n) is 32.7. The molecule has 2 fully saturated rings. The van der Waals surface area contributed by atoms with E-state index in [1.165, 1.54) is 148 Å². The number of rotatable bonds is 5. The Bertz CT molecular complexity index is 4240. The van der Waals surface area contributed by atoms with Gasteiger partial charge in [-0.3, -0.25) is 0 Å². The Hall–Kier alpha value is -7.30. The lowest BCUT2D eigenvalue weighted by Gasteiger charge is -2.55. The summed E-state index contributed by atoms with van der Waals surface area (Å²) in [6, 6.07) is 73.3. The van der Waals surface area contributed by atoms with E-state index in [0.717, 1.165) is 25.7 Å². The molecule has 4 unspecified atom stereocenters. The van der Waals surface area contributed by atoms with E-state index in [4.69, 9.17) is 0 Å². The number of hydrogen-bond acceptors (Lipinski definition) is 3. The first-order valence-corrected chi connectivity index (χ1v) is 32.7. The molecule has 9 aromatic rings. The molecule has 6 aliphatic rings. The average Bonchev–Trinajstić information content (AvgIpc) is 1.45. The van der Waals surface area contributed by atoms with E-state index in [-0.39, 0.29) is 50.3 Å². The molecule has 2 aliphatic carbocycles. The minimum Gasteiger partial charge on any atom is -0.335 e. The van der Waals surface area contributed by atoms with Crippen LogP contribution in [0.25, 0.3) is 21.9 Å². The molecule has 0 amide bonds. The number of anilines is 7. The van der Waals surface area contributed by atoms with Gasteiger partial charge < -0.3 is 14.7 Å². The molecule has 0 N–H and O–H groups in total. The molecule has 0 bridgehead atoms. The van der Waals surface area contributed by atoms with E-state index in [1.807, 2.05) is 0 Å². The fourth-order valence-electron chi connectivity index (χ4n) is 18.1. The van der Waals surface area contributed by atoms with Crippen LogP contribution in [0.4, 0.5) is 39.8 Å². The molecule has 0 aromatic heterocycles. The van der Waals surface area contributed by atoms with Crippen molar-refractivity contribution < 1.29 is 0 Å². The summed E-state index contributed by atoms with van der Waals surface area (Å²) < 4.78 is 0. The zero-order chi connectivity index (χ0) is 59.9. The topological polar surface area (TPSA) is 9.72 Å². The second-order valence-electron chi connectivity index (χ2n) is 31.6. The monoisotopic (exact) mass is 1130 g/mol. The van der Waals surface area contributed by atoms with Gasteiger partial charge in [0, 0.05) is 50.5 Å². The van der Waals surface area contributed by atoms with Gasteiger partial charge in [0.2, 0.25) is 0 Å². The third-order valence-corrected chi connectivity index (χ3v) is 22.6. The van der Waals surface area contributed by atoms with Crippen molar-refractivity contribution in [1.82, 2.24) is 0 Å². The van der Waals surface area contributed by atoms with Crippen LogP contribution in [-0.2, 0) is 32.5 Å². The molecule has 3 nitrogen and oxygen atoms in total. The van der Waals surface area contributed by atoms with Crippen molar-refractivity contribution in [2.75, 3.05) is 14.7 Å². The summed E-state index contributed by atoms with van der Waals surface area (Å²) >= 11 is 0. The van der Waals surface area contributed by atoms with Crippen molar-refractivity contribution in [3.05, 3.63) is 226 Å². The maximum atomic E-state index is 3.01. The van der Waals surface area contributed by atoms with Gasteiger partial charge in [0.15, 0.2) is 0 Å². The van der Waals surface area contributed by atoms with Gasteiger partial charge in [-0.05, 0) is 181 Å². The van der Waals surface area contributed by atoms with Gasteiger partial charge in [0.1, 0.15) is 0 Å². The van der Waals surface area contributed by atoms with E-state index in [2.05, 4.69) is 294 Å². The number of hydrogen-bond donors (Lipinski definition) is 0. The Balaban J connectivity index is 1.11. The van der Waals surface area contributed by atoms with Gasteiger partial charge in [0.05, 0.1) is 16.8 Å². The minimum absolute atomic E-state index is 0.0170. The van der Waals surface area contributed by atoms with Crippen molar-refractivity contribution in [3.63, 3.8) is 0 Å². The first-order chi connectivity index (χ1) is 40.9. The molecule has 9 aromatic carbocycles. The van der Waals surface area contributed by atoms with Crippen LogP contribution >= 0.6 is 0 Å². The number of fused-ring (bicyclic) bond motifs is 11. The maximum absolute atomic E-state index is 3.01. The van der Waals surface area contributed by atoms with Crippen LogP contribution in [0.15, 0.2) is 182 Å². The molecule has 2 saturated carbocycles. The van der Waals surface area contributed by atoms with Crippen LogP contribution in [0.1, 0.15) is 193 Å². The van der Waals surface area contributed by atoms with Crippen LogP contribution in [0.3, 0.4) is 0 Å². The molecule has 0 spiro atoms. The molecule has 0 radical (unpaired) electrons. The summed E-state index contributed by atoms with van der Waals surface area (Å²) in [7, 11) is 0. The number of nitrogens with zero attached hydrogens (tertiary/aromatic N) is 3. The zero-order valence-corrected chi connectivity index (χ0v) is 53.9. The van der Waals surface area contributed by atoms with Crippen molar-refractivity contribution >= 4 is 73.7 Å². The highest BCUT2D eigenvalue weighted by atomic mass is 15.3. The Morgan fingerprint density at radius 2 is 0.860 bits per heavy atom. The molecule has 0 saturated heterocycles. The molecule has 4 atom stereocenters. The molecule has 4 heteroatoms. The van der Waals surface area contributed by atoms with E-state index < -0.39 is 0 Å². The molecule has 4 heterocycles. The van der Waals surface area contributed by atoms with Crippen molar-refractivity contribution in [2.24, 2.45) is 0 Å². The molecular weight excluding hydrogens is 1040 g/mol. The van der Waals surface area contributed by atoms with Gasteiger partial charge >= 0.3 is 0 Å². The largest absolute Gasteiger partial charge is 0.335 e. The molecular formula is C82H88BN3. The summed E-state index contributed by atoms with van der Waals surface area (Å²) in [5.74, 6) is 0. The lowest BCUT2D eigenvalue weighted by molar-refractivity contribution is 0.214. The van der Waals surface area contributed by atoms with E-state index in [1.54, 1.807) is 0 Å². The van der Waals surface area contributed by atoms with Crippen molar-refractivity contribution in [3.8, 4) is 11.1 Å². The minimum atomic E-state index is -0.289. The third kappa shape index (κ3) is 7.65. The fourth-order valence-corrected chi connectivity index (χ4v) is 18.1. The standard InChI is InChI=1S/C82H88BN3/c1-75(2,3)58-35-38-68(63(46-58)55-34-33-53-27-21-22-28-54(53)45-55)84-70-40-37-60(77(7,8)9)49-66(70)83-67-50-61(78(10,11)12)48-65-74(67)86(80(14)42-24-26-44-82(65,80)57-31-19-16-20-32-57)72-52-62(51-71(84)73(72)83)85-69-39-36-59(76(4,5)6)47-64(69)81(56-29-17-15-18-30-56)43-25-23-41-79(81,85)13/h15-22,27-40,45-52H,23-26,41-44H2,1-14H3. The van der Waals surface area contributed by atoms with Gasteiger partial charge in [-0.1, -0.05) is 248 Å². The van der Waals surface area contributed by atoms with E-state index in [9.17, 15) is 0 Å². The smallest absolute Gasteiger partial charge is 0.252 e. The highest BCUT2D eigenvalue weighted by Crippen LogP contribution is 2.68. The highest BCUT2D eigenvalue weighted by Gasteiger charge is 2.66. The Morgan fingerprint density at radius 3 is 1.48 bits per heavy atom. The molecule has 86 heavy (non-hydrogen) atoms. The predicted molar refractivity (Wildman–Crippen MR) is 369 cm³/mol. The number of benzene rings is 9. The maximum Gasteiger partial charge on any atom is 0.252 e. The molecule has 15 rings (SSSR count). The second kappa shape index (κ2) is 18.6. The van der Waals surface area contributed by atoms with Gasteiger partial charge in [-0.15, -0.1) is 0 Å². The second-order valence-corrected chi connectivity index (χ2v) is 31.6. The lowest BCUT2D eigenvalue weighted by atomic mass is 9.33. The summed E-state index contributed by atoms with van der Waals surface area (Å²) in [5.41, 5.74) is 26.2. The Kier molecular flexibility index (Phi) is 12.0. The third-order valence-electron chi connectivity index (χ3n) is 22.6. The lowest BCUT2D eigenvalue weighted by Crippen LogP contribution is -2.65.